The van der Waals surface area contributed by atoms with Gasteiger partial charge in [0.05, 0.1) is 0 Å². The van der Waals surface area contributed by atoms with Crippen LogP contribution in [0.4, 0.5) is 0 Å². The zero-order chi connectivity index (χ0) is 12.0. The number of Topliss-reactive ketones (excluding diaryl/α,β-unsaturated/α-hetero) is 1. The lowest BCUT2D eigenvalue weighted by molar-refractivity contribution is -0.122. The van der Waals surface area contributed by atoms with Crippen LogP contribution in [-0.4, -0.2) is 5.78 Å². The molecule has 1 rings (SSSR count). The highest BCUT2D eigenvalue weighted by molar-refractivity contribution is 6.30. The Morgan fingerprint density at radius 3 is 2.69 bits per heavy atom. The summed E-state index contributed by atoms with van der Waals surface area (Å²) in [6.07, 6.45) is 3.74. The van der Waals surface area contributed by atoms with Crippen LogP contribution < -0.4 is 0 Å². The Bertz CT molecular complexity index is 344. The Labute approximate surface area is 103 Å². The second-order valence-corrected chi connectivity index (χ2v) is 4.89. The summed E-state index contributed by atoms with van der Waals surface area (Å²) in [5, 5.41) is 0.788. The molecule has 0 bridgehead atoms. The van der Waals surface area contributed by atoms with E-state index >= 15 is 0 Å². The molecule has 0 heterocycles. The van der Waals surface area contributed by atoms with E-state index in [0.29, 0.717) is 12.2 Å². The van der Waals surface area contributed by atoms with E-state index in [1.165, 1.54) is 5.56 Å². The van der Waals surface area contributed by atoms with Gasteiger partial charge in [-0.25, -0.2) is 0 Å². The molecule has 1 nitrogen and oxygen atoms in total. The predicted octanol–water partition coefficient (Wildman–Crippen LogP) is 4.28. The van der Waals surface area contributed by atoms with Crippen molar-refractivity contribution in [1.82, 2.24) is 0 Å². The fourth-order valence-electron chi connectivity index (χ4n) is 1.61. The quantitative estimate of drug-likeness (QED) is 0.677. The fourth-order valence-corrected chi connectivity index (χ4v) is 1.82. The van der Waals surface area contributed by atoms with Crippen LogP contribution >= 0.6 is 11.6 Å². The fraction of sp³-hybridized carbons (Fsp3) is 0.500. The number of halogens is 1. The van der Waals surface area contributed by atoms with Crippen LogP contribution in [0.1, 0.15) is 38.7 Å². The summed E-state index contributed by atoms with van der Waals surface area (Å²) in [7, 11) is 0. The molecule has 0 atom stereocenters. The molecule has 0 aliphatic rings. The van der Waals surface area contributed by atoms with Gasteiger partial charge in [-0.05, 0) is 37.0 Å². The molecule has 0 amide bonds. The number of benzene rings is 1. The van der Waals surface area contributed by atoms with Crippen molar-refractivity contribution in [3.05, 3.63) is 34.9 Å². The first-order chi connectivity index (χ1) is 7.59. The second kappa shape index (κ2) is 6.70. The van der Waals surface area contributed by atoms with Crippen LogP contribution in [0, 0.1) is 5.92 Å². The third-order valence-electron chi connectivity index (χ3n) is 2.67. The first-order valence-electron chi connectivity index (χ1n) is 5.86. The normalized spacial score (nSPS) is 10.8. The first-order valence-corrected chi connectivity index (χ1v) is 6.24. The number of aryl methyl sites for hydroxylation is 1. The molecule has 0 aromatic heterocycles. The number of hydrogen-bond acceptors (Lipinski definition) is 1. The molecule has 0 unspecified atom stereocenters. The Kier molecular flexibility index (Phi) is 5.54. The topological polar surface area (TPSA) is 17.1 Å². The van der Waals surface area contributed by atoms with Crippen molar-refractivity contribution in [1.29, 1.82) is 0 Å². The van der Waals surface area contributed by atoms with Crippen molar-refractivity contribution in [2.24, 2.45) is 5.92 Å². The molecule has 0 fully saturated rings. The van der Waals surface area contributed by atoms with Crippen LogP contribution in [0.15, 0.2) is 24.3 Å². The van der Waals surface area contributed by atoms with E-state index in [4.69, 9.17) is 11.6 Å². The molecule has 88 valence electrons. The van der Waals surface area contributed by atoms with E-state index in [2.05, 4.69) is 6.07 Å². The summed E-state index contributed by atoms with van der Waals surface area (Å²) in [6, 6.07) is 7.92. The molecule has 0 saturated carbocycles. The van der Waals surface area contributed by atoms with Gasteiger partial charge in [0, 0.05) is 17.4 Å². The minimum Gasteiger partial charge on any atom is -0.299 e. The maximum Gasteiger partial charge on any atom is 0.135 e. The molecular formula is C14H19ClO. The van der Waals surface area contributed by atoms with Crippen LogP contribution in [0.3, 0.4) is 0 Å². The van der Waals surface area contributed by atoms with Gasteiger partial charge in [0.1, 0.15) is 5.78 Å². The molecule has 16 heavy (non-hydrogen) atoms. The first kappa shape index (κ1) is 13.2. The third kappa shape index (κ3) is 4.80. The maximum absolute atomic E-state index is 11.4. The molecular weight excluding hydrogens is 220 g/mol. The van der Waals surface area contributed by atoms with Gasteiger partial charge in [-0.3, -0.25) is 4.79 Å². The standard InChI is InChI=1S/C14H19ClO/c1-11(2)14(16)9-4-3-6-12-7-5-8-13(15)10-12/h5,7-8,10-11H,3-4,6,9H2,1-2H3. The van der Waals surface area contributed by atoms with Crippen LogP contribution in [0.25, 0.3) is 0 Å². The number of carbonyl (C=O) groups excluding carboxylic acids is 1. The summed E-state index contributed by atoms with van der Waals surface area (Å²) < 4.78 is 0. The molecule has 0 aliphatic carbocycles. The van der Waals surface area contributed by atoms with Crippen LogP contribution in [-0.2, 0) is 11.2 Å². The number of rotatable bonds is 6. The zero-order valence-corrected chi connectivity index (χ0v) is 10.8. The minimum absolute atomic E-state index is 0.172. The molecule has 2 heteroatoms. The van der Waals surface area contributed by atoms with Gasteiger partial charge in [0.15, 0.2) is 0 Å². The van der Waals surface area contributed by atoms with Crippen molar-refractivity contribution in [3.63, 3.8) is 0 Å². The zero-order valence-electron chi connectivity index (χ0n) is 10.0. The highest BCUT2D eigenvalue weighted by Gasteiger charge is 2.06. The number of carbonyl (C=O) groups is 1. The molecule has 0 saturated heterocycles. The lowest BCUT2D eigenvalue weighted by Gasteiger charge is -2.04. The number of ketones is 1. The summed E-state index contributed by atoms with van der Waals surface area (Å²) >= 11 is 5.90. The maximum atomic E-state index is 11.4. The van der Waals surface area contributed by atoms with E-state index in [-0.39, 0.29) is 5.92 Å². The van der Waals surface area contributed by atoms with Gasteiger partial charge in [-0.1, -0.05) is 37.6 Å². The SMILES string of the molecule is CC(C)C(=O)CCCCc1cccc(Cl)c1. The minimum atomic E-state index is 0.172. The summed E-state index contributed by atoms with van der Waals surface area (Å²) in [5.74, 6) is 0.539. The lowest BCUT2D eigenvalue weighted by atomic mass is 10.0. The van der Waals surface area contributed by atoms with Crippen LogP contribution in [0.5, 0.6) is 0 Å². The molecule has 1 aromatic rings. The molecule has 0 N–H and O–H groups in total. The van der Waals surface area contributed by atoms with Crippen molar-refractivity contribution < 1.29 is 4.79 Å². The van der Waals surface area contributed by atoms with Gasteiger partial charge >= 0.3 is 0 Å². The van der Waals surface area contributed by atoms with E-state index in [9.17, 15) is 4.79 Å². The average molecular weight is 239 g/mol. The predicted molar refractivity (Wildman–Crippen MR) is 68.9 cm³/mol. The van der Waals surface area contributed by atoms with Gasteiger partial charge < -0.3 is 0 Å². The number of hydrogen-bond donors (Lipinski definition) is 0. The van der Waals surface area contributed by atoms with E-state index < -0.39 is 0 Å². The molecule has 0 radical (unpaired) electrons. The summed E-state index contributed by atoms with van der Waals surface area (Å²) in [5.41, 5.74) is 1.25. The summed E-state index contributed by atoms with van der Waals surface area (Å²) in [6.45, 7) is 3.92. The Hall–Kier alpha value is -0.820. The van der Waals surface area contributed by atoms with Gasteiger partial charge in [0.2, 0.25) is 0 Å². The van der Waals surface area contributed by atoms with Gasteiger partial charge in [-0.15, -0.1) is 0 Å². The third-order valence-corrected chi connectivity index (χ3v) is 2.91. The second-order valence-electron chi connectivity index (χ2n) is 4.46. The Morgan fingerprint density at radius 2 is 2.06 bits per heavy atom. The molecule has 1 aromatic carbocycles. The van der Waals surface area contributed by atoms with Crippen molar-refractivity contribution in [3.8, 4) is 0 Å². The Morgan fingerprint density at radius 1 is 1.31 bits per heavy atom. The smallest absolute Gasteiger partial charge is 0.135 e. The summed E-state index contributed by atoms with van der Waals surface area (Å²) in [4.78, 5) is 11.4. The molecule has 0 spiro atoms. The van der Waals surface area contributed by atoms with Crippen molar-refractivity contribution in [2.45, 2.75) is 39.5 Å². The highest BCUT2D eigenvalue weighted by atomic mass is 35.5. The van der Waals surface area contributed by atoms with E-state index in [0.717, 1.165) is 24.3 Å². The number of unbranched alkanes of at least 4 members (excludes halogenated alkanes) is 1. The molecule has 0 aliphatic heterocycles. The largest absolute Gasteiger partial charge is 0.299 e. The van der Waals surface area contributed by atoms with E-state index in [1.54, 1.807) is 0 Å². The van der Waals surface area contributed by atoms with Crippen LogP contribution in [0.2, 0.25) is 5.02 Å². The van der Waals surface area contributed by atoms with Gasteiger partial charge in [0.25, 0.3) is 0 Å². The average Bonchev–Trinajstić information content (AvgIpc) is 2.24. The van der Waals surface area contributed by atoms with Gasteiger partial charge in [-0.2, -0.15) is 0 Å². The van der Waals surface area contributed by atoms with Crippen molar-refractivity contribution >= 4 is 17.4 Å². The monoisotopic (exact) mass is 238 g/mol. The van der Waals surface area contributed by atoms with Crippen molar-refractivity contribution in [2.75, 3.05) is 0 Å². The lowest BCUT2D eigenvalue weighted by Crippen LogP contribution is -2.06. The Balaban J connectivity index is 2.23. The van der Waals surface area contributed by atoms with E-state index in [1.807, 2.05) is 32.0 Å². The highest BCUT2D eigenvalue weighted by Crippen LogP contribution is 2.14.